The molecule has 2 heterocycles. The van der Waals surface area contributed by atoms with E-state index in [0.717, 1.165) is 0 Å². The third kappa shape index (κ3) is 2.25. The molecule has 0 aromatic carbocycles. The number of carbonyl (C=O) groups is 1. The van der Waals surface area contributed by atoms with E-state index in [2.05, 4.69) is 19.9 Å². The smallest absolute Gasteiger partial charge is 0.475 e. The molecule has 2 aromatic heterocycles. The van der Waals surface area contributed by atoms with E-state index in [1.165, 1.54) is 6.20 Å². The molecule has 0 spiro atoms. The molecule has 0 aliphatic heterocycles. The van der Waals surface area contributed by atoms with Crippen LogP contribution in [0.1, 0.15) is 5.69 Å². The van der Waals surface area contributed by atoms with Crippen molar-refractivity contribution < 1.29 is 19.9 Å². The Hall–Kier alpha value is -2.55. The largest absolute Gasteiger partial charge is 0.480 e. The summed E-state index contributed by atoms with van der Waals surface area (Å²) < 4.78 is 0. The van der Waals surface area contributed by atoms with Crippen LogP contribution in [0.3, 0.4) is 0 Å². The summed E-state index contributed by atoms with van der Waals surface area (Å²) in [5, 5.41) is 8.69. The molecule has 8 N–H and O–H groups in total. The van der Waals surface area contributed by atoms with Gasteiger partial charge in [0.15, 0.2) is 6.20 Å². The van der Waals surface area contributed by atoms with Gasteiger partial charge in [-0.05, 0) is 0 Å². The number of nitrogen functional groups attached to an aromatic ring is 1. The van der Waals surface area contributed by atoms with Gasteiger partial charge in [0.1, 0.15) is 11.7 Å². The second-order valence-corrected chi connectivity index (χ2v) is 3.76. The van der Waals surface area contributed by atoms with E-state index in [1.54, 1.807) is 0 Å². The lowest BCUT2D eigenvalue weighted by Crippen LogP contribution is -2.34. The van der Waals surface area contributed by atoms with Gasteiger partial charge in [-0.2, -0.15) is 4.98 Å². The molecule has 9 heteroatoms. The monoisotopic (exact) mass is 252 g/mol. The van der Waals surface area contributed by atoms with Gasteiger partial charge in [0.05, 0.1) is 0 Å². The van der Waals surface area contributed by atoms with Gasteiger partial charge >= 0.3 is 17.6 Å². The molecule has 18 heavy (non-hydrogen) atoms. The number of hydrogen-bond acceptors (Lipinski definition) is 5. The molecule has 0 amide bonds. The van der Waals surface area contributed by atoms with Crippen molar-refractivity contribution in [3.05, 3.63) is 22.2 Å². The maximum atomic E-state index is 11.6. The Labute approximate surface area is 99.9 Å². The van der Waals surface area contributed by atoms with E-state index in [-0.39, 0.29) is 17.9 Å². The van der Waals surface area contributed by atoms with Crippen molar-refractivity contribution in [2.45, 2.75) is 12.5 Å². The number of aliphatic carboxylic acids is 1. The van der Waals surface area contributed by atoms with Crippen LogP contribution in [0.5, 0.6) is 0 Å². The van der Waals surface area contributed by atoms with Crippen molar-refractivity contribution in [1.29, 1.82) is 0 Å². The van der Waals surface area contributed by atoms with Gasteiger partial charge in [-0.15, -0.1) is 4.98 Å². The van der Waals surface area contributed by atoms with Gasteiger partial charge in [-0.1, -0.05) is 0 Å². The summed E-state index contributed by atoms with van der Waals surface area (Å²) in [6.07, 6.45) is 1.49. The first-order chi connectivity index (χ1) is 8.47. The second kappa shape index (κ2) is 4.37. The highest BCUT2D eigenvalue weighted by Gasteiger charge is 2.20. The number of aromatic amines is 3. The number of carboxylic acid groups (broad SMARTS) is 1. The fourth-order valence-corrected chi connectivity index (χ4v) is 1.48. The molecule has 1 unspecified atom stereocenters. The standard InChI is InChI=1S/C9H10N6O3/c10-4(8(17)18)1-3-2-12-6-5(13-3)7(16)15-9(11)14-6/h2,4H,1,10H2,(H,17,18)(H3,11,12,14,15,16)/p+2. The Morgan fingerprint density at radius 3 is 3.00 bits per heavy atom. The average molecular weight is 252 g/mol. The van der Waals surface area contributed by atoms with Gasteiger partial charge < -0.3 is 16.6 Å². The Morgan fingerprint density at radius 2 is 2.33 bits per heavy atom. The first-order valence-corrected chi connectivity index (χ1v) is 5.08. The quantitative estimate of drug-likeness (QED) is 0.457. The number of nitrogens with one attached hydrogen (secondary N) is 3. The van der Waals surface area contributed by atoms with Crippen LogP contribution < -0.4 is 27.0 Å². The topological polar surface area (TPSA) is 163 Å². The summed E-state index contributed by atoms with van der Waals surface area (Å²) >= 11 is 0. The second-order valence-electron chi connectivity index (χ2n) is 3.76. The Balaban J connectivity index is 2.45. The van der Waals surface area contributed by atoms with Gasteiger partial charge in [0, 0.05) is 6.42 Å². The van der Waals surface area contributed by atoms with Crippen LogP contribution in [0, 0.1) is 0 Å². The molecule has 0 fully saturated rings. The predicted molar refractivity (Wildman–Crippen MR) is 59.2 cm³/mol. The van der Waals surface area contributed by atoms with E-state index in [1.807, 2.05) is 0 Å². The van der Waals surface area contributed by atoms with Crippen LogP contribution in [-0.2, 0) is 11.2 Å². The average Bonchev–Trinajstić information content (AvgIpc) is 2.29. The summed E-state index contributed by atoms with van der Waals surface area (Å²) in [6, 6.07) is -1.07. The number of hydrogen-bond donors (Lipinski definition) is 4. The highest BCUT2D eigenvalue weighted by Crippen LogP contribution is 1.99. The lowest BCUT2D eigenvalue weighted by molar-refractivity contribution is -0.464. The Bertz CT molecular complexity index is 667. The van der Waals surface area contributed by atoms with Crippen LogP contribution in [0.2, 0.25) is 0 Å². The van der Waals surface area contributed by atoms with Gasteiger partial charge in [0.25, 0.3) is 11.1 Å². The van der Waals surface area contributed by atoms with E-state index in [9.17, 15) is 9.59 Å². The zero-order chi connectivity index (χ0) is 13.3. The van der Waals surface area contributed by atoms with Crippen LogP contribution >= 0.6 is 0 Å². The molecular weight excluding hydrogens is 240 g/mol. The number of nitrogens with zero attached hydrogens (tertiary/aromatic N) is 1. The fraction of sp³-hybridized carbons (Fsp3) is 0.222. The van der Waals surface area contributed by atoms with Gasteiger partial charge in [0.2, 0.25) is 0 Å². The summed E-state index contributed by atoms with van der Waals surface area (Å²) in [5.41, 5.74) is 11.2. The maximum Gasteiger partial charge on any atom is 0.475 e. The molecule has 0 saturated carbocycles. The minimum absolute atomic E-state index is 0.0194. The summed E-state index contributed by atoms with van der Waals surface area (Å²) in [4.78, 5) is 34.1. The fourth-order valence-electron chi connectivity index (χ4n) is 1.48. The van der Waals surface area contributed by atoms with Crippen molar-refractivity contribution in [3.63, 3.8) is 0 Å². The normalized spacial score (nSPS) is 12.5. The first kappa shape index (κ1) is 11.9. The molecule has 0 bridgehead atoms. The molecule has 94 valence electrons. The highest BCUT2D eigenvalue weighted by molar-refractivity contribution is 5.73. The maximum absolute atomic E-state index is 11.6. The number of nitrogens with two attached hydrogens (primary N) is 2. The van der Waals surface area contributed by atoms with Crippen molar-refractivity contribution in [3.8, 4) is 0 Å². The number of fused-ring (bicyclic) bond motifs is 1. The van der Waals surface area contributed by atoms with E-state index >= 15 is 0 Å². The number of H-pyrrole nitrogens is 3. The van der Waals surface area contributed by atoms with E-state index < -0.39 is 17.6 Å². The van der Waals surface area contributed by atoms with E-state index in [0.29, 0.717) is 11.3 Å². The lowest BCUT2D eigenvalue weighted by atomic mass is 10.2. The summed E-state index contributed by atoms with van der Waals surface area (Å²) in [5.74, 6) is -1.03. The molecular formula is C9H12N6O3+2. The van der Waals surface area contributed by atoms with Crippen LogP contribution in [0.25, 0.3) is 11.2 Å². The summed E-state index contributed by atoms with van der Waals surface area (Å²) in [6.45, 7) is 0. The van der Waals surface area contributed by atoms with Crippen LogP contribution in [0.4, 0.5) is 5.95 Å². The van der Waals surface area contributed by atoms with Crippen LogP contribution in [0.15, 0.2) is 11.0 Å². The number of aromatic nitrogens is 4. The van der Waals surface area contributed by atoms with Gasteiger partial charge in [-0.3, -0.25) is 14.6 Å². The minimum atomic E-state index is -1.13. The highest BCUT2D eigenvalue weighted by atomic mass is 16.4. The molecule has 2 aromatic rings. The molecule has 0 saturated heterocycles. The molecule has 0 radical (unpaired) electrons. The van der Waals surface area contributed by atoms with Crippen molar-refractivity contribution in [2.75, 3.05) is 5.73 Å². The van der Waals surface area contributed by atoms with Crippen molar-refractivity contribution >= 4 is 23.1 Å². The Morgan fingerprint density at radius 1 is 1.61 bits per heavy atom. The third-order valence-corrected chi connectivity index (χ3v) is 2.34. The molecule has 9 nitrogen and oxygen atoms in total. The number of anilines is 1. The SMILES string of the molecule is Nc1[nH]c(=O)c2nc(CC(N)C(=O)O)c[nH+]c2[nH+]1. The molecule has 0 aliphatic rings. The van der Waals surface area contributed by atoms with Crippen molar-refractivity contribution in [1.82, 2.24) is 9.97 Å². The van der Waals surface area contributed by atoms with Crippen molar-refractivity contribution in [2.24, 2.45) is 5.73 Å². The minimum Gasteiger partial charge on any atom is -0.480 e. The van der Waals surface area contributed by atoms with E-state index in [4.69, 9.17) is 16.6 Å². The lowest BCUT2D eigenvalue weighted by Gasteiger charge is -2.02. The first-order valence-electron chi connectivity index (χ1n) is 5.08. The molecule has 2 rings (SSSR count). The number of carboxylic acids is 1. The Kier molecular flexibility index (Phi) is 2.90. The zero-order valence-corrected chi connectivity index (χ0v) is 9.23. The summed E-state index contributed by atoms with van der Waals surface area (Å²) in [7, 11) is 0. The zero-order valence-electron chi connectivity index (χ0n) is 9.23. The third-order valence-electron chi connectivity index (χ3n) is 2.34. The predicted octanol–water partition coefficient (Wildman–Crippen LogP) is -2.91. The molecule has 0 aliphatic carbocycles. The van der Waals surface area contributed by atoms with Crippen LogP contribution in [-0.4, -0.2) is 27.1 Å². The van der Waals surface area contributed by atoms with Gasteiger partial charge in [-0.25, -0.2) is 4.98 Å². The molecule has 1 atom stereocenters. The number of rotatable bonds is 3.